The zero-order valence-electron chi connectivity index (χ0n) is 10.6. The zero-order chi connectivity index (χ0) is 12.5. The number of ether oxygens (including phenoxy) is 1. The summed E-state index contributed by atoms with van der Waals surface area (Å²) >= 11 is 0. The molecule has 0 N–H and O–H groups in total. The van der Waals surface area contributed by atoms with Crippen molar-refractivity contribution in [3.8, 4) is 0 Å². The van der Waals surface area contributed by atoms with Gasteiger partial charge in [0.25, 0.3) is 5.91 Å². The third-order valence-corrected chi connectivity index (χ3v) is 3.84. The molecule has 1 amide bonds. The van der Waals surface area contributed by atoms with Gasteiger partial charge in [0.2, 0.25) is 0 Å². The highest BCUT2D eigenvalue weighted by Crippen LogP contribution is 2.29. The van der Waals surface area contributed by atoms with E-state index in [0.717, 1.165) is 12.8 Å². The average Bonchev–Trinajstić information content (AvgIpc) is 2.84. The molecule has 0 spiro atoms. The molecule has 18 heavy (non-hydrogen) atoms. The molecular weight excluding hydrogens is 232 g/mol. The third-order valence-electron chi connectivity index (χ3n) is 3.84. The van der Waals surface area contributed by atoms with Gasteiger partial charge in [0.05, 0.1) is 18.8 Å². The first-order valence-corrected chi connectivity index (χ1v) is 6.61. The van der Waals surface area contributed by atoms with Crippen LogP contribution in [-0.4, -0.2) is 41.3 Å². The summed E-state index contributed by atoms with van der Waals surface area (Å²) in [5.74, 6) is 0.652. The van der Waals surface area contributed by atoms with E-state index in [2.05, 4.69) is 5.16 Å². The fourth-order valence-electron chi connectivity index (χ4n) is 2.96. The van der Waals surface area contributed by atoms with Crippen molar-refractivity contribution in [3.63, 3.8) is 0 Å². The molecule has 2 atom stereocenters. The summed E-state index contributed by atoms with van der Waals surface area (Å²) in [6.45, 7) is 3.09. The van der Waals surface area contributed by atoms with E-state index in [1.54, 1.807) is 13.0 Å². The lowest BCUT2D eigenvalue weighted by molar-refractivity contribution is -0.0755. The number of rotatable bonds is 1. The Balaban J connectivity index is 1.79. The summed E-state index contributed by atoms with van der Waals surface area (Å²) in [7, 11) is 0. The van der Waals surface area contributed by atoms with E-state index in [4.69, 9.17) is 9.26 Å². The monoisotopic (exact) mass is 250 g/mol. The molecule has 1 aromatic rings. The Morgan fingerprint density at radius 3 is 3.06 bits per heavy atom. The first kappa shape index (κ1) is 11.7. The van der Waals surface area contributed by atoms with Crippen molar-refractivity contribution in [3.05, 3.63) is 17.5 Å². The van der Waals surface area contributed by atoms with Gasteiger partial charge in [-0.15, -0.1) is 0 Å². The highest BCUT2D eigenvalue weighted by molar-refractivity contribution is 5.92. The van der Waals surface area contributed by atoms with Gasteiger partial charge in [-0.05, 0) is 19.8 Å². The maximum Gasteiger partial charge on any atom is 0.276 e. The predicted molar refractivity (Wildman–Crippen MR) is 64.3 cm³/mol. The van der Waals surface area contributed by atoms with Crippen molar-refractivity contribution in [1.82, 2.24) is 10.1 Å². The molecule has 2 fully saturated rings. The fourth-order valence-corrected chi connectivity index (χ4v) is 2.96. The molecule has 5 nitrogen and oxygen atoms in total. The number of aryl methyl sites for hydroxylation is 1. The second kappa shape index (κ2) is 4.72. The van der Waals surface area contributed by atoms with E-state index in [9.17, 15) is 4.79 Å². The third kappa shape index (κ3) is 2.03. The molecule has 0 unspecified atom stereocenters. The molecule has 0 radical (unpaired) electrons. The number of aromatic nitrogens is 1. The summed E-state index contributed by atoms with van der Waals surface area (Å²) < 4.78 is 10.7. The first-order chi connectivity index (χ1) is 8.75. The standard InChI is InChI=1S/C13H18N2O3/c1-9-8-10(14-18-9)13(16)15-6-7-17-12-5-3-2-4-11(12)15/h8,11-12H,2-7H2,1H3/t11-,12-/m1/s1. The summed E-state index contributed by atoms with van der Waals surface area (Å²) in [5, 5.41) is 3.82. The minimum absolute atomic E-state index is 0.0212. The van der Waals surface area contributed by atoms with Gasteiger partial charge in [0.1, 0.15) is 5.76 Å². The SMILES string of the molecule is Cc1cc(C(=O)N2CCO[C@@H]3CCCC[C@H]32)no1. The van der Waals surface area contributed by atoms with Crippen LogP contribution in [0.3, 0.4) is 0 Å². The van der Waals surface area contributed by atoms with E-state index < -0.39 is 0 Å². The van der Waals surface area contributed by atoms with Gasteiger partial charge in [0.15, 0.2) is 5.69 Å². The van der Waals surface area contributed by atoms with E-state index in [1.165, 1.54) is 12.8 Å². The quantitative estimate of drug-likeness (QED) is 0.762. The molecular formula is C13H18N2O3. The van der Waals surface area contributed by atoms with Gasteiger partial charge in [-0.25, -0.2) is 0 Å². The van der Waals surface area contributed by atoms with E-state index in [1.807, 2.05) is 4.90 Å². The Bertz CT molecular complexity index is 441. The van der Waals surface area contributed by atoms with E-state index in [-0.39, 0.29) is 18.1 Å². The Kier molecular flexibility index (Phi) is 3.07. The average molecular weight is 250 g/mol. The highest BCUT2D eigenvalue weighted by Gasteiger charge is 2.37. The van der Waals surface area contributed by atoms with Crippen LogP contribution in [0, 0.1) is 6.92 Å². The number of morpholine rings is 1. The molecule has 98 valence electrons. The lowest BCUT2D eigenvalue weighted by Gasteiger charge is -2.43. The van der Waals surface area contributed by atoms with Crippen LogP contribution in [0.15, 0.2) is 10.6 Å². The second-order valence-corrected chi connectivity index (χ2v) is 5.08. The Morgan fingerprint density at radius 2 is 2.28 bits per heavy atom. The molecule has 0 aromatic carbocycles. The van der Waals surface area contributed by atoms with Crippen LogP contribution in [0.2, 0.25) is 0 Å². The molecule has 5 heteroatoms. The van der Waals surface area contributed by atoms with Gasteiger partial charge in [0, 0.05) is 12.6 Å². The van der Waals surface area contributed by atoms with E-state index >= 15 is 0 Å². The smallest absolute Gasteiger partial charge is 0.276 e. The molecule has 1 aromatic heterocycles. The number of amides is 1. The predicted octanol–water partition coefficient (Wildman–Crippen LogP) is 1.77. The van der Waals surface area contributed by atoms with Crippen molar-refractivity contribution < 1.29 is 14.1 Å². The largest absolute Gasteiger partial charge is 0.374 e. The van der Waals surface area contributed by atoms with Crippen molar-refractivity contribution in [2.75, 3.05) is 13.2 Å². The molecule has 3 rings (SSSR count). The summed E-state index contributed by atoms with van der Waals surface area (Å²) in [6.07, 6.45) is 4.68. The number of hydrogen-bond donors (Lipinski definition) is 0. The Labute approximate surface area is 106 Å². The number of fused-ring (bicyclic) bond motifs is 1. The molecule has 1 saturated carbocycles. The maximum atomic E-state index is 12.4. The van der Waals surface area contributed by atoms with Crippen molar-refractivity contribution in [1.29, 1.82) is 0 Å². The Morgan fingerprint density at radius 1 is 1.44 bits per heavy atom. The molecule has 1 aliphatic carbocycles. The number of nitrogens with zero attached hydrogens (tertiary/aromatic N) is 2. The topological polar surface area (TPSA) is 55.6 Å². The normalized spacial score (nSPS) is 27.9. The minimum Gasteiger partial charge on any atom is -0.374 e. The van der Waals surface area contributed by atoms with Crippen LogP contribution >= 0.6 is 0 Å². The lowest BCUT2D eigenvalue weighted by Crippen LogP contribution is -2.54. The molecule has 1 saturated heterocycles. The highest BCUT2D eigenvalue weighted by atomic mass is 16.5. The number of carbonyl (C=O) groups is 1. The Hall–Kier alpha value is -1.36. The second-order valence-electron chi connectivity index (χ2n) is 5.08. The molecule has 2 aliphatic rings. The summed E-state index contributed by atoms with van der Waals surface area (Å²) in [6, 6.07) is 1.92. The van der Waals surface area contributed by atoms with Crippen molar-refractivity contribution in [2.45, 2.75) is 44.8 Å². The van der Waals surface area contributed by atoms with Gasteiger partial charge < -0.3 is 14.2 Å². The summed E-state index contributed by atoms with van der Waals surface area (Å²) in [5.41, 5.74) is 0.415. The molecule has 1 aliphatic heterocycles. The van der Waals surface area contributed by atoms with Crippen molar-refractivity contribution in [2.24, 2.45) is 0 Å². The zero-order valence-corrected chi connectivity index (χ0v) is 10.6. The van der Waals surface area contributed by atoms with Crippen LogP contribution in [-0.2, 0) is 4.74 Å². The first-order valence-electron chi connectivity index (χ1n) is 6.61. The van der Waals surface area contributed by atoms with Crippen LogP contribution in [0.1, 0.15) is 41.9 Å². The van der Waals surface area contributed by atoms with Gasteiger partial charge in [-0.1, -0.05) is 18.0 Å². The van der Waals surface area contributed by atoms with E-state index in [0.29, 0.717) is 24.6 Å². The molecule has 2 heterocycles. The van der Waals surface area contributed by atoms with Crippen LogP contribution in [0.25, 0.3) is 0 Å². The molecule has 0 bridgehead atoms. The fraction of sp³-hybridized carbons (Fsp3) is 0.692. The van der Waals surface area contributed by atoms with Gasteiger partial charge in [-0.3, -0.25) is 4.79 Å². The summed E-state index contributed by atoms with van der Waals surface area (Å²) in [4.78, 5) is 14.3. The van der Waals surface area contributed by atoms with Crippen molar-refractivity contribution >= 4 is 5.91 Å². The minimum atomic E-state index is -0.0212. The number of hydrogen-bond acceptors (Lipinski definition) is 4. The van der Waals surface area contributed by atoms with Gasteiger partial charge in [-0.2, -0.15) is 0 Å². The van der Waals surface area contributed by atoms with Crippen LogP contribution in [0.5, 0.6) is 0 Å². The van der Waals surface area contributed by atoms with Crippen LogP contribution in [0.4, 0.5) is 0 Å². The lowest BCUT2D eigenvalue weighted by atomic mass is 9.90. The van der Waals surface area contributed by atoms with Crippen LogP contribution < -0.4 is 0 Å². The van der Waals surface area contributed by atoms with Gasteiger partial charge >= 0.3 is 0 Å². The number of carbonyl (C=O) groups excluding carboxylic acids is 1. The maximum absolute atomic E-state index is 12.4.